The maximum atomic E-state index is 12.6. The summed E-state index contributed by atoms with van der Waals surface area (Å²) < 4.78 is 0. The molecule has 0 aromatic heterocycles. The lowest BCUT2D eigenvalue weighted by atomic mass is 9.49. The summed E-state index contributed by atoms with van der Waals surface area (Å²) in [4.78, 5) is 12.6. The van der Waals surface area contributed by atoms with Gasteiger partial charge in [-0.05, 0) is 77.9 Å². The van der Waals surface area contributed by atoms with Gasteiger partial charge in [0.15, 0.2) is 0 Å². The molecule has 30 heavy (non-hydrogen) atoms. The first-order valence-corrected chi connectivity index (χ1v) is 12.5. The number of benzene rings is 1. The van der Waals surface area contributed by atoms with Gasteiger partial charge in [0.2, 0.25) is 0 Å². The molecule has 0 unspecified atom stereocenters. The van der Waals surface area contributed by atoms with Crippen molar-refractivity contribution in [1.29, 1.82) is 0 Å². The minimum absolute atomic E-state index is 0.0492. The van der Waals surface area contributed by atoms with Gasteiger partial charge in [-0.1, -0.05) is 71.6 Å². The van der Waals surface area contributed by atoms with E-state index in [1.807, 2.05) is 0 Å². The van der Waals surface area contributed by atoms with Crippen molar-refractivity contribution < 1.29 is 4.79 Å². The lowest BCUT2D eigenvalue weighted by molar-refractivity contribution is 0.0277. The zero-order chi connectivity index (χ0) is 21.4. The van der Waals surface area contributed by atoms with E-state index >= 15 is 0 Å². The molecule has 2 amide bonds. The normalized spacial score (nSPS) is 31.7. The molecule has 3 heteroatoms. The Balaban J connectivity index is 1.47. The number of carbonyl (C=O) groups excluding carboxylic acids is 1. The van der Waals surface area contributed by atoms with Crippen molar-refractivity contribution in [3.63, 3.8) is 0 Å². The summed E-state index contributed by atoms with van der Waals surface area (Å²) in [7, 11) is 0. The minimum atomic E-state index is 0.0492. The minimum Gasteiger partial charge on any atom is -0.338 e. The van der Waals surface area contributed by atoms with Crippen molar-refractivity contribution in [2.24, 2.45) is 11.3 Å². The van der Waals surface area contributed by atoms with Gasteiger partial charge in [0.05, 0.1) is 0 Å². The topological polar surface area (TPSA) is 41.1 Å². The Morgan fingerprint density at radius 2 is 1.83 bits per heavy atom. The quantitative estimate of drug-likeness (QED) is 0.588. The predicted octanol–water partition coefficient (Wildman–Crippen LogP) is 6.45. The molecule has 0 bridgehead atoms. The van der Waals surface area contributed by atoms with Gasteiger partial charge in [-0.2, -0.15) is 0 Å². The molecule has 0 spiro atoms. The maximum absolute atomic E-state index is 12.6. The van der Waals surface area contributed by atoms with Crippen molar-refractivity contribution in [1.82, 2.24) is 10.6 Å². The molecule has 0 aliphatic heterocycles. The van der Waals surface area contributed by atoms with Crippen LogP contribution in [-0.4, -0.2) is 18.6 Å². The number of rotatable bonds is 4. The molecule has 3 aliphatic rings. The van der Waals surface area contributed by atoms with E-state index in [1.165, 1.54) is 56.9 Å². The van der Waals surface area contributed by atoms with Gasteiger partial charge in [-0.15, -0.1) is 0 Å². The number of hydrogen-bond donors (Lipinski definition) is 2. The summed E-state index contributed by atoms with van der Waals surface area (Å²) in [5.41, 5.74) is 5.03. The van der Waals surface area contributed by atoms with Crippen LogP contribution in [0.4, 0.5) is 4.79 Å². The van der Waals surface area contributed by atoms with Gasteiger partial charge in [0.25, 0.3) is 0 Å². The fourth-order valence-corrected chi connectivity index (χ4v) is 6.98. The maximum Gasteiger partial charge on any atom is 0.315 e. The molecular formula is C27H42N2O. The fourth-order valence-electron chi connectivity index (χ4n) is 6.98. The van der Waals surface area contributed by atoms with Gasteiger partial charge in [0.1, 0.15) is 0 Å². The van der Waals surface area contributed by atoms with E-state index in [0.717, 1.165) is 19.4 Å². The third-order valence-corrected chi connectivity index (χ3v) is 8.76. The molecule has 2 saturated carbocycles. The molecule has 0 radical (unpaired) electrons. The van der Waals surface area contributed by atoms with Crippen LogP contribution in [0.3, 0.4) is 0 Å². The van der Waals surface area contributed by atoms with Crippen LogP contribution in [0.2, 0.25) is 0 Å². The van der Waals surface area contributed by atoms with E-state index in [0.29, 0.717) is 17.9 Å². The van der Waals surface area contributed by atoms with Crippen molar-refractivity contribution in [2.45, 2.75) is 109 Å². The number of aryl methyl sites for hydroxylation is 1. The lowest BCUT2D eigenvalue weighted by Gasteiger charge is -2.55. The summed E-state index contributed by atoms with van der Waals surface area (Å²) in [6, 6.07) is 7.70. The monoisotopic (exact) mass is 410 g/mol. The SMILES string of the molecule is CC(C)c1ccc2c(c1)CC[C@H]1[C@](C)(CNC(=O)NC3CCCCC3)CCC[C@]21C. The molecule has 3 atom stereocenters. The van der Waals surface area contributed by atoms with E-state index < -0.39 is 0 Å². The molecule has 2 N–H and O–H groups in total. The van der Waals surface area contributed by atoms with Crippen molar-refractivity contribution in [3.05, 3.63) is 34.9 Å². The van der Waals surface area contributed by atoms with Crippen LogP contribution >= 0.6 is 0 Å². The molecule has 0 saturated heterocycles. The smallest absolute Gasteiger partial charge is 0.315 e. The average molecular weight is 411 g/mol. The van der Waals surface area contributed by atoms with Crippen LogP contribution in [0.1, 0.15) is 108 Å². The zero-order valence-corrected chi connectivity index (χ0v) is 19.7. The van der Waals surface area contributed by atoms with Crippen LogP contribution in [-0.2, 0) is 11.8 Å². The third-order valence-electron chi connectivity index (χ3n) is 8.76. The summed E-state index contributed by atoms with van der Waals surface area (Å²) in [6.45, 7) is 10.3. The van der Waals surface area contributed by atoms with E-state index in [9.17, 15) is 4.79 Å². The van der Waals surface area contributed by atoms with E-state index in [2.05, 4.69) is 56.5 Å². The third kappa shape index (κ3) is 4.14. The Hall–Kier alpha value is -1.51. The van der Waals surface area contributed by atoms with E-state index in [1.54, 1.807) is 11.1 Å². The Morgan fingerprint density at radius 1 is 1.07 bits per heavy atom. The summed E-state index contributed by atoms with van der Waals surface area (Å²) in [5, 5.41) is 6.53. The van der Waals surface area contributed by atoms with Gasteiger partial charge in [-0.3, -0.25) is 0 Å². The highest BCUT2D eigenvalue weighted by atomic mass is 16.2. The highest BCUT2D eigenvalue weighted by molar-refractivity contribution is 5.74. The molecule has 3 aliphatic carbocycles. The first-order chi connectivity index (χ1) is 14.3. The summed E-state index contributed by atoms with van der Waals surface area (Å²) in [5.74, 6) is 1.22. The standard InChI is InChI=1S/C27H42N2O/c1-19(2)20-11-13-23-21(17-20)12-14-24-26(3,15-8-16-27(23,24)4)18-28-25(30)29-22-9-6-5-7-10-22/h11,13,17,19,22,24H,5-10,12,14-16,18H2,1-4H3,(H2,28,29,30)/t24-,26-,27+/m0/s1. The van der Waals surface area contributed by atoms with Crippen LogP contribution < -0.4 is 10.6 Å². The van der Waals surface area contributed by atoms with Gasteiger partial charge >= 0.3 is 6.03 Å². The first kappa shape index (κ1) is 21.7. The Labute approximate surface area is 183 Å². The Kier molecular flexibility index (Phi) is 6.19. The average Bonchev–Trinajstić information content (AvgIpc) is 2.72. The Morgan fingerprint density at radius 3 is 2.57 bits per heavy atom. The van der Waals surface area contributed by atoms with Crippen LogP contribution in [0.25, 0.3) is 0 Å². The van der Waals surface area contributed by atoms with Gasteiger partial charge in [0, 0.05) is 12.6 Å². The molecule has 166 valence electrons. The number of carbonyl (C=O) groups is 1. The number of amides is 2. The molecule has 1 aromatic rings. The summed E-state index contributed by atoms with van der Waals surface area (Å²) >= 11 is 0. The number of urea groups is 1. The summed E-state index contributed by atoms with van der Waals surface area (Å²) in [6.07, 6.45) is 12.3. The van der Waals surface area contributed by atoms with E-state index in [-0.39, 0.29) is 16.9 Å². The molecule has 4 rings (SSSR count). The predicted molar refractivity (Wildman–Crippen MR) is 125 cm³/mol. The zero-order valence-electron chi connectivity index (χ0n) is 19.7. The number of nitrogens with one attached hydrogen (secondary N) is 2. The number of hydrogen-bond acceptors (Lipinski definition) is 1. The highest BCUT2D eigenvalue weighted by Gasteiger charge is 2.51. The second kappa shape index (κ2) is 8.55. The number of fused-ring (bicyclic) bond motifs is 3. The second-order valence-electron chi connectivity index (χ2n) is 11.2. The second-order valence-corrected chi connectivity index (χ2v) is 11.2. The molecule has 1 aromatic carbocycles. The molecule has 0 heterocycles. The van der Waals surface area contributed by atoms with Crippen LogP contribution in [0, 0.1) is 11.3 Å². The van der Waals surface area contributed by atoms with E-state index in [4.69, 9.17) is 0 Å². The highest BCUT2D eigenvalue weighted by Crippen LogP contribution is 2.57. The van der Waals surface area contributed by atoms with Crippen LogP contribution in [0.5, 0.6) is 0 Å². The fraction of sp³-hybridized carbons (Fsp3) is 0.741. The Bertz CT molecular complexity index is 766. The van der Waals surface area contributed by atoms with Crippen LogP contribution in [0.15, 0.2) is 18.2 Å². The molecule has 3 nitrogen and oxygen atoms in total. The molecular weight excluding hydrogens is 368 g/mol. The lowest BCUT2D eigenvalue weighted by Crippen LogP contribution is -2.54. The van der Waals surface area contributed by atoms with Gasteiger partial charge < -0.3 is 10.6 Å². The van der Waals surface area contributed by atoms with Gasteiger partial charge in [-0.25, -0.2) is 4.79 Å². The van der Waals surface area contributed by atoms with Crippen molar-refractivity contribution >= 4 is 6.03 Å². The molecule has 2 fully saturated rings. The largest absolute Gasteiger partial charge is 0.338 e. The first-order valence-electron chi connectivity index (χ1n) is 12.5. The van der Waals surface area contributed by atoms with Crippen molar-refractivity contribution in [3.8, 4) is 0 Å². The van der Waals surface area contributed by atoms with Crippen molar-refractivity contribution in [2.75, 3.05) is 6.54 Å².